The zero-order valence-electron chi connectivity index (χ0n) is 12.1. The molecule has 96 valence electrons. The Morgan fingerprint density at radius 1 is 1.31 bits per heavy atom. The van der Waals surface area contributed by atoms with Crippen molar-refractivity contribution in [2.75, 3.05) is 6.61 Å². The summed E-state index contributed by atoms with van der Waals surface area (Å²) in [5.41, 5.74) is 2.45. The first kappa shape index (κ1) is 17.2. The molecule has 0 fully saturated rings. The fourth-order valence-electron chi connectivity index (χ4n) is 1.93. The number of halogens is 1. The average Bonchev–Trinajstić information content (AvgIpc) is 1.96. The molecule has 0 radical (unpaired) electrons. The minimum atomic E-state index is -2.24. The molecular weight excluding hydrogens is 387 g/mol. The van der Waals surface area contributed by atoms with Crippen molar-refractivity contribution in [3.63, 3.8) is 0 Å². The molecule has 0 unspecified atom stereocenters. The zero-order valence-corrected chi connectivity index (χ0v) is 17.5. The van der Waals surface area contributed by atoms with Crippen LogP contribution < -0.4 is 0 Å². The van der Waals surface area contributed by atoms with Crippen LogP contribution in [0.15, 0.2) is 9.29 Å². The van der Waals surface area contributed by atoms with E-state index >= 15 is 0 Å². The second kappa shape index (κ2) is 5.89. The van der Waals surface area contributed by atoms with E-state index in [1.54, 1.807) is 3.59 Å². The minimum absolute atomic E-state index is 0.0991. The van der Waals surface area contributed by atoms with Gasteiger partial charge < -0.3 is 0 Å². The summed E-state index contributed by atoms with van der Waals surface area (Å²) in [4.78, 5) is 4.81. The molecule has 1 nitrogen and oxygen atoms in total. The van der Waals surface area contributed by atoms with Crippen LogP contribution in [0.25, 0.3) is 0 Å². The Kier molecular flexibility index (Phi) is 6.33. The van der Waals surface area contributed by atoms with Gasteiger partial charge >= 0.3 is 113 Å². The molecular formula is C12H27BrOSiSn. The third-order valence-corrected chi connectivity index (χ3v) is 13.0. The molecule has 0 aromatic rings. The first-order chi connectivity index (χ1) is 6.90. The van der Waals surface area contributed by atoms with Crippen LogP contribution in [0.1, 0.15) is 20.8 Å². The van der Waals surface area contributed by atoms with Crippen LogP contribution >= 0.6 is 12.7 Å². The molecule has 4 heteroatoms. The Morgan fingerprint density at radius 2 is 1.75 bits per heavy atom. The molecule has 0 aliphatic rings. The van der Waals surface area contributed by atoms with Crippen molar-refractivity contribution >= 4 is 36.9 Å². The molecule has 0 rings (SSSR count). The molecule has 0 spiro atoms. The van der Waals surface area contributed by atoms with E-state index < -0.39 is 24.2 Å². The Balaban J connectivity index is 5.36. The summed E-state index contributed by atoms with van der Waals surface area (Å²) in [5.74, 6) is 0. The molecule has 0 heterocycles. The number of rotatable bonds is 5. The summed E-state index contributed by atoms with van der Waals surface area (Å²) < 4.78 is 7.51. The molecule has 0 aliphatic heterocycles. The van der Waals surface area contributed by atoms with Gasteiger partial charge in [0.2, 0.25) is 0 Å². The van der Waals surface area contributed by atoms with Crippen LogP contribution in [0.3, 0.4) is 0 Å². The van der Waals surface area contributed by atoms with Gasteiger partial charge in [-0.15, -0.1) is 0 Å². The van der Waals surface area contributed by atoms with Crippen LogP contribution in [-0.2, 0) is 4.74 Å². The standard InChI is InChI=1S/C10H21OSi.2CH3.BrH.Sn/c1-7-11-10(2,3)8-9-12(4,5)6;;;;/h9H,7H2,1-6H3;2*1H3;1H;/q;;;;+1/p-1. The van der Waals surface area contributed by atoms with E-state index in [-0.39, 0.29) is 5.60 Å². The molecule has 16 heavy (non-hydrogen) atoms. The van der Waals surface area contributed by atoms with E-state index in [1.165, 1.54) is 0 Å². The van der Waals surface area contributed by atoms with Crippen molar-refractivity contribution in [2.45, 2.75) is 55.9 Å². The molecule has 0 aliphatic carbocycles. The van der Waals surface area contributed by atoms with Crippen molar-refractivity contribution in [1.82, 2.24) is 0 Å². The van der Waals surface area contributed by atoms with Crippen molar-refractivity contribution < 1.29 is 4.74 Å². The van der Waals surface area contributed by atoms with E-state index in [0.717, 1.165) is 6.61 Å². The zero-order chi connectivity index (χ0) is 13.2. The monoisotopic (exact) mass is 414 g/mol. The summed E-state index contributed by atoms with van der Waals surface area (Å²) >= 11 is 1.75. The Morgan fingerprint density at radius 3 is 2.00 bits per heavy atom. The van der Waals surface area contributed by atoms with Crippen molar-refractivity contribution in [3.8, 4) is 0 Å². The second-order valence-corrected chi connectivity index (χ2v) is 34.6. The normalized spacial score (nSPS) is 15.4. The molecule has 0 aromatic carbocycles. The van der Waals surface area contributed by atoms with Crippen molar-refractivity contribution in [2.24, 2.45) is 0 Å². The van der Waals surface area contributed by atoms with E-state index in [1.807, 2.05) is 0 Å². The van der Waals surface area contributed by atoms with Crippen LogP contribution in [0.4, 0.5) is 0 Å². The third kappa shape index (κ3) is 6.22. The number of hydrogen-bond donors (Lipinski definition) is 0. The van der Waals surface area contributed by atoms with Gasteiger partial charge in [0, 0.05) is 0 Å². The SMILES string of the molecule is CCOC(C)(C)/[C](=C/[Si](C)(C)C)[Sn]([CH3])([CH3])[Br]. The van der Waals surface area contributed by atoms with Crippen LogP contribution in [0.2, 0.25) is 29.5 Å². The fourth-order valence-corrected chi connectivity index (χ4v) is 19.9. The van der Waals surface area contributed by atoms with Gasteiger partial charge in [-0.25, -0.2) is 0 Å². The van der Waals surface area contributed by atoms with Crippen molar-refractivity contribution in [3.05, 3.63) is 9.29 Å². The second-order valence-electron chi connectivity index (χ2n) is 6.34. The number of ether oxygens (including phenoxy) is 1. The number of hydrogen-bond acceptors (Lipinski definition) is 1. The summed E-state index contributed by atoms with van der Waals surface area (Å²) in [7, 11) is -1.19. The summed E-state index contributed by atoms with van der Waals surface area (Å²) in [6, 6.07) is 0. The average molecular weight is 414 g/mol. The third-order valence-electron chi connectivity index (χ3n) is 2.37. The molecule has 0 amide bonds. The van der Waals surface area contributed by atoms with E-state index in [9.17, 15) is 0 Å². The summed E-state index contributed by atoms with van der Waals surface area (Å²) in [6.45, 7) is 14.4. The fraction of sp³-hybridized carbons (Fsp3) is 0.833. The van der Waals surface area contributed by atoms with Gasteiger partial charge in [0.25, 0.3) is 0 Å². The van der Waals surface area contributed by atoms with E-state index in [2.05, 4.69) is 68.7 Å². The van der Waals surface area contributed by atoms with Gasteiger partial charge in [-0.3, -0.25) is 0 Å². The van der Waals surface area contributed by atoms with Crippen LogP contribution in [-0.4, -0.2) is 36.4 Å². The van der Waals surface area contributed by atoms with Gasteiger partial charge in [0.1, 0.15) is 0 Å². The molecule has 0 bridgehead atoms. The van der Waals surface area contributed by atoms with Crippen LogP contribution in [0.5, 0.6) is 0 Å². The van der Waals surface area contributed by atoms with Crippen LogP contribution in [0, 0.1) is 0 Å². The predicted molar refractivity (Wildman–Crippen MR) is 83.5 cm³/mol. The van der Waals surface area contributed by atoms with E-state index in [4.69, 9.17) is 4.74 Å². The van der Waals surface area contributed by atoms with Gasteiger partial charge in [-0.2, -0.15) is 0 Å². The maximum atomic E-state index is 5.94. The Labute approximate surface area is 113 Å². The predicted octanol–water partition coefficient (Wildman–Crippen LogP) is 4.74. The van der Waals surface area contributed by atoms with Gasteiger partial charge in [-0.05, 0) is 0 Å². The molecule has 0 saturated heterocycles. The van der Waals surface area contributed by atoms with Crippen molar-refractivity contribution in [1.29, 1.82) is 0 Å². The van der Waals surface area contributed by atoms with Gasteiger partial charge in [0.05, 0.1) is 0 Å². The molecule has 0 atom stereocenters. The molecule has 0 aromatic heterocycles. The molecule has 0 saturated carbocycles. The first-order valence-corrected chi connectivity index (χ1v) is 23.1. The van der Waals surface area contributed by atoms with Gasteiger partial charge in [-0.1, -0.05) is 0 Å². The summed E-state index contributed by atoms with van der Waals surface area (Å²) in [5, 5.41) is 0. The topological polar surface area (TPSA) is 9.23 Å². The maximum absolute atomic E-state index is 5.94. The molecule has 0 N–H and O–H groups in total. The van der Waals surface area contributed by atoms with E-state index in [0.29, 0.717) is 0 Å². The quantitative estimate of drug-likeness (QED) is 0.591. The Hall–Kier alpha value is 1.20. The Bertz CT molecular complexity index is 261. The van der Waals surface area contributed by atoms with Gasteiger partial charge in [0.15, 0.2) is 0 Å². The summed E-state index contributed by atoms with van der Waals surface area (Å²) in [6.07, 6.45) is 0. The first-order valence-electron chi connectivity index (χ1n) is 5.97.